The molecular formula is C18H20FNO4S. The topological polar surface area (TPSA) is 76.4 Å². The molecule has 0 aliphatic heterocycles. The molecule has 2 unspecified atom stereocenters. The van der Waals surface area contributed by atoms with Crippen molar-refractivity contribution in [2.45, 2.75) is 29.9 Å². The Hall–Kier alpha value is -2.15. The molecule has 3 rings (SSSR count). The second-order valence-corrected chi connectivity index (χ2v) is 8.50. The molecule has 0 saturated heterocycles. The minimum Gasteiger partial charge on any atom is -0.468 e. The highest BCUT2D eigenvalue weighted by atomic mass is 32.2. The van der Waals surface area contributed by atoms with Crippen molar-refractivity contribution < 1.29 is 22.0 Å². The van der Waals surface area contributed by atoms with E-state index in [-0.39, 0.29) is 29.0 Å². The van der Waals surface area contributed by atoms with Crippen LogP contribution < -0.4 is 5.32 Å². The molecule has 1 aliphatic rings. The van der Waals surface area contributed by atoms with Gasteiger partial charge < -0.3 is 9.73 Å². The summed E-state index contributed by atoms with van der Waals surface area (Å²) in [5.74, 6) is -0.182. The van der Waals surface area contributed by atoms with Gasteiger partial charge in [0.25, 0.3) is 0 Å². The third-order valence-corrected chi connectivity index (χ3v) is 6.66. The van der Waals surface area contributed by atoms with Gasteiger partial charge in [0.05, 0.1) is 11.2 Å². The highest BCUT2D eigenvalue weighted by Crippen LogP contribution is 2.36. The highest BCUT2D eigenvalue weighted by molar-refractivity contribution is 7.91. The summed E-state index contributed by atoms with van der Waals surface area (Å²) in [6, 6.07) is 7.78. The van der Waals surface area contributed by atoms with Crippen LogP contribution >= 0.6 is 0 Å². The Morgan fingerprint density at radius 2 is 1.96 bits per heavy atom. The lowest BCUT2D eigenvalue weighted by Gasteiger charge is -2.18. The molecule has 1 aromatic carbocycles. The van der Waals surface area contributed by atoms with Gasteiger partial charge >= 0.3 is 0 Å². The van der Waals surface area contributed by atoms with E-state index in [0.717, 1.165) is 25.0 Å². The first-order chi connectivity index (χ1) is 11.9. The lowest BCUT2D eigenvalue weighted by molar-refractivity contribution is -0.125. The normalized spacial score (nSPS) is 17.0. The number of amides is 1. The summed E-state index contributed by atoms with van der Waals surface area (Å²) < 4.78 is 44.3. The Bertz CT molecular complexity index is 826. The molecule has 1 heterocycles. The molecular weight excluding hydrogens is 345 g/mol. The molecule has 2 aromatic rings. The monoisotopic (exact) mass is 365 g/mol. The van der Waals surface area contributed by atoms with Crippen molar-refractivity contribution in [2.24, 2.45) is 11.8 Å². The van der Waals surface area contributed by atoms with Crippen molar-refractivity contribution >= 4 is 15.7 Å². The fourth-order valence-corrected chi connectivity index (χ4v) is 4.38. The van der Waals surface area contributed by atoms with Crippen LogP contribution in [0, 0.1) is 17.7 Å². The van der Waals surface area contributed by atoms with Crippen molar-refractivity contribution in [1.29, 1.82) is 0 Å². The molecule has 1 saturated carbocycles. The third-order valence-electron chi connectivity index (χ3n) is 4.58. The molecule has 0 bridgehead atoms. The number of sulfone groups is 1. The van der Waals surface area contributed by atoms with Gasteiger partial charge in [0.15, 0.2) is 9.84 Å². The highest BCUT2D eigenvalue weighted by Gasteiger charge is 2.35. The van der Waals surface area contributed by atoms with Crippen LogP contribution in [0.15, 0.2) is 52.0 Å². The van der Waals surface area contributed by atoms with E-state index in [1.165, 1.54) is 18.4 Å². The SMILES string of the molecule is CC(C(=O)NCC(c1ccco1)S(=O)(=O)c1ccc(F)cc1)C1CC1. The molecule has 5 nitrogen and oxygen atoms in total. The number of benzene rings is 1. The number of hydrogen-bond donors (Lipinski definition) is 1. The van der Waals surface area contributed by atoms with Crippen LogP contribution in [0.1, 0.15) is 30.8 Å². The number of carbonyl (C=O) groups excluding carboxylic acids is 1. The van der Waals surface area contributed by atoms with E-state index < -0.39 is 20.9 Å². The average molecular weight is 365 g/mol. The van der Waals surface area contributed by atoms with Gasteiger partial charge in [-0.25, -0.2) is 12.8 Å². The molecule has 1 fully saturated rings. The average Bonchev–Trinajstić information content (AvgIpc) is 3.30. The molecule has 1 amide bonds. The molecule has 25 heavy (non-hydrogen) atoms. The third kappa shape index (κ3) is 3.92. The summed E-state index contributed by atoms with van der Waals surface area (Å²) in [5, 5.41) is 1.66. The smallest absolute Gasteiger partial charge is 0.223 e. The van der Waals surface area contributed by atoms with Crippen LogP contribution in [0.4, 0.5) is 4.39 Å². The van der Waals surface area contributed by atoms with E-state index in [1.54, 1.807) is 12.1 Å². The predicted octanol–water partition coefficient (Wildman–Crippen LogP) is 3.10. The van der Waals surface area contributed by atoms with Gasteiger partial charge in [-0.1, -0.05) is 6.92 Å². The number of halogens is 1. The Kier molecular flexibility index (Phi) is 4.94. The largest absolute Gasteiger partial charge is 0.468 e. The van der Waals surface area contributed by atoms with E-state index in [0.29, 0.717) is 5.92 Å². The first-order valence-electron chi connectivity index (χ1n) is 8.20. The standard InChI is InChI=1S/C18H20FNO4S/c1-12(13-4-5-13)18(21)20-11-17(16-3-2-10-24-16)25(22,23)15-8-6-14(19)7-9-15/h2-3,6-10,12-13,17H,4-5,11H2,1H3,(H,20,21). The minimum absolute atomic E-state index is 0.0141. The lowest BCUT2D eigenvalue weighted by atomic mass is 10.1. The summed E-state index contributed by atoms with van der Waals surface area (Å²) in [6.45, 7) is 1.76. The van der Waals surface area contributed by atoms with Crippen LogP contribution in [-0.2, 0) is 14.6 Å². The molecule has 1 N–H and O–H groups in total. The number of rotatable bonds is 7. The first-order valence-corrected chi connectivity index (χ1v) is 9.75. The van der Waals surface area contributed by atoms with Crippen molar-refractivity contribution in [2.75, 3.05) is 6.54 Å². The van der Waals surface area contributed by atoms with Gasteiger partial charge in [0.1, 0.15) is 16.8 Å². The summed E-state index contributed by atoms with van der Waals surface area (Å²) >= 11 is 0. The molecule has 1 aromatic heterocycles. The Morgan fingerprint density at radius 3 is 2.52 bits per heavy atom. The minimum atomic E-state index is -3.84. The van der Waals surface area contributed by atoms with E-state index in [1.807, 2.05) is 6.92 Å². The number of furan rings is 1. The molecule has 2 atom stereocenters. The van der Waals surface area contributed by atoms with E-state index >= 15 is 0 Å². The Morgan fingerprint density at radius 1 is 1.28 bits per heavy atom. The van der Waals surface area contributed by atoms with Gasteiger partial charge in [-0.15, -0.1) is 0 Å². The molecule has 7 heteroatoms. The number of hydrogen-bond acceptors (Lipinski definition) is 4. The zero-order valence-corrected chi connectivity index (χ0v) is 14.6. The van der Waals surface area contributed by atoms with E-state index in [9.17, 15) is 17.6 Å². The van der Waals surface area contributed by atoms with Gasteiger partial charge in [0, 0.05) is 12.5 Å². The maximum atomic E-state index is 13.1. The number of carbonyl (C=O) groups is 1. The summed E-state index contributed by atoms with van der Waals surface area (Å²) in [6.07, 6.45) is 3.45. The molecule has 1 aliphatic carbocycles. The lowest BCUT2D eigenvalue weighted by Crippen LogP contribution is -2.35. The quantitative estimate of drug-likeness (QED) is 0.765. The van der Waals surface area contributed by atoms with Crippen molar-refractivity contribution in [3.63, 3.8) is 0 Å². The van der Waals surface area contributed by atoms with Crippen LogP contribution in [0.25, 0.3) is 0 Å². The fraction of sp³-hybridized carbons (Fsp3) is 0.389. The Labute approximate surface area is 146 Å². The van der Waals surface area contributed by atoms with Crippen molar-refractivity contribution in [1.82, 2.24) is 5.32 Å². The summed E-state index contributed by atoms with van der Waals surface area (Å²) in [7, 11) is -3.84. The fourth-order valence-electron chi connectivity index (χ4n) is 2.79. The summed E-state index contributed by atoms with van der Waals surface area (Å²) in [4.78, 5) is 12.2. The van der Waals surface area contributed by atoms with Gasteiger partial charge in [-0.3, -0.25) is 4.79 Å². The van der Waals surface area contributed by atoms with Gasteiger partial charge in [-0.05, 0) is 55.2 Å². The van der Waals surface area contributed by atoms with Crippen LogP contribution in [0.2, 0.25) is 0 Å². The van der Waals surface area contributed by atoms with E-state index in [2.05, 4.69) is 5.32 Å². The second-order valence-electron chi connectivity index (χ2n) is 6.37. The first kappa shape index (κ1) is 17.7. The number of nitrogens with one attached hydrogen (secondary N) is 1. The molecule has 0 radical (unpaired) electrons. The van der Waals surface area contributed by atoms with Crippen molar-refractivity contribution in [3.05, 3.63) is 54.2 Å². The van der Waals surface area contributed by atoms with Crippen LogP contribution in [-0.4, -0.2) is 20.9 Å². The van der Waals surface area contributed by atoms with Crippen LogP contribution in [0.3, 0.4) is 0 Å². The zero-order chi connectivity index (χ0) is 18.0. The van der Waals surface area contributed by atoms with E-state index in [4.69, 9.17) is 4.42 Å². The van der Waals surface area contributed by atoms with Gasteiger partial charge in [-0.2, -0.15) is 0 Å². The maximum Gasteiger partial charge on any atom is 0.223 e. The Balaban J connectivity index is 1.82. The second kappa shape index (κ2) is 7.00. The van der Waals surface area contributed by atoms with Crippen molar-refractivity contribution in [3.8, 4) is 0 Å². The zero-order valence-electron chi connectivity index (χ0n) is 13.8. The summed E-state index contributed by atoms with van der Waals surface area (Å²) in [5.41, 5.74) is 0. The molecule has 134 valence electrons. The van der Waals surface area contributed by atoms with Crippen LogP contribution in [0.5, 0.6) is 0 Å². The molecule has 0 spiro atoms. The predicted molar refractivity (Wildman–Crippen MR) is 89.9 cm³/mol. The van der Waals surface area contributed by atoms with Gasteiger partial charge in [0.2, 0.25) is 5.91 Å². The maximum absolute atomic E-state index is 13.1.